The van der Waals surface area contributed by atoms with Crippen molar-refractivity contribution in [2.75, 3.05) is 37.3 Å². The minimum atomic E-state index is 0.508. The summed E-state index contributed by atoms with van der Waals surface area (Å²) in [5.74, 6) is 1.23. The number of nitrogen functional groups attached to an aromatic ring is 1. The van der Waals surface area contributed by atoms with E-state index in [9.17, 15) is 0 Å². The van der Waals surface area contributed by atoms with Crippen molar-refractivity contribution in [3.8, 4) is 0 Å². The van der Waals surface area contributed by atoms with E-state index in [1.807, 2.05) is 0 Å². The van der Waals surface area contributed by atoms with E-state index < -0.39 is 0 Å². The summed E-state index contributed by atoms with van der Waals surface area (Å²) in [6, 6.07) is 2.28. The fourth-order valence-corrected chi connectivity index (χ4v) is 2.53. The first kappa shape index (κ1) is 12.6. The van der Waals surface area contributed by atoms with Crippen LogP contribution in [0, 0.1) is 0 Å². The first-order chi connectivity index (χ1) is 8.10. The van der Waals surface area contributed by atoms with Gasteiger partial charge in [0.05, 0.1) is 0 Å². The lowest BCUT2D eigenvalue weighted by atomic mass is 10.1. The van der Waals surface area contributed by atoms with Crippen molar-refractivity contribution in [2.45, 2.75) is 19.4 Å². The van der Waals surface area contributed by atoms with E-state index in [1.54, 1.807) is 6.07 Å². The Morgan fingerprint density at radius 2 is 2.24 bits per heavy atom. The topological polar surface area (TPSA) is 58.3 Å². The average molecular weight is 300 g/mol. The van der Waals surface area contributed by atoms with Gasteiger partial charge in [-0.15, -0.1) is 0 Å². The van der Waals surface area contributed by atoms with E-state index in [1.165, 1.54) is 0 Å². The third-order valence-electron chi connectivity index (χ3n) is 3.23. The van der Waals surface area contributed by atoms with Crippen molar-refractivity contribution in [3.63, 3.8) is 0 Å². The molecule has 17 heavy (non-hydrogen) atoms. The largest absolute Gasteiger partial charge is 0.383 e. The summed E-state index contributed by atoms with van der Waals surface area (Å²) in [6.45, 7) is 5.15. The van der Waals surface area contributed by atoms with Crippen molar-refractivity contribution in [1.29, 1.82) is 0 Å². The van der Waals surface area contributed by atoms with E-state index in [0.717, 1.165) is 36.6 Å². The van der Waals surface area contributed by atoms with E-state index in [4.69, 9.17) is 5.73 Å². The molecule has 0 bridgehead atoms. The summed E-state index contributed by atoms with van der Waals surface area (Å²) in [4.78, 5) is 13.3. The second-order valence-corrected chi connectivity index (χ2v) is 5.22. The molecule has 1 aromatic rings. The predicted molar refractivity (Wildman–Crippen MR) is 73.1 cm³/mol. The van der Waals surface area contributed by atoms with Gasteiger partial charge in [0.1, 0.15) is 10.4 Å². The minimum absolute atomic E-state index is 0.508. The molecule has 1 unspecified atom stereocenters. The summed E-state index contributed by atoms with van der Waals surface area (Å²) in [7, 11) is 2.17. The Bertz CT molecular complexity index is 377. The predicted octanol–water partition coefficient (Wildman–Crippen LogP) is 1.35. The van der Waals surface area contributed by atoms with Gasteiger partial charge in [0, 0.05) is 31.7 Å². The number of halogens is 1. The maximum absolute atomic E-state index is 5.74. The van der Waals surface area contributed by atoms with Gasteiger partial charge in [-0.1, -0.05) is 6.92 Å². The number of piperazine rings is 1. The molecule has 1 aliphatic rings. The van der Waals surface area contributed by atoms with Crippen LogP contribution < -0.4 is 10.6 Å². The number of nitrogens with two attached hydrogens (primary N) is 1. The fraction of sp³-hybridized carbons (Fsp3) is 0.636. The molecular weight excluding hydrogens is 282 g/mol. The number of aromatic nitrogens is 2. The minimum Gasteiger partial charge on any atom is -0.383 e. The fourth-order valence-electron chi connectivity index (χ4n) is 2.13. The van der Waals surface area contributed by atoms with Crippen molar-refractivity contribution < 1.29 is 0 Å². The van der Waals surface area contributed by atoms with E-state index in [-0.39, 0.29) is 0 Å². The molecule has 2 rings (SSSR count). The van der Waals surface area contributed by atoms with Gasteiger partial charge in [-0.2, -0.15) is 4.98 Å². The third-order valence-corrected chi connectivity index (χ3v) is 3.64. The van der Waals surface area contributed by atoms with Crippen molar-refractivity contribution in [3.05, 3.63) is 10.7 Å². The van der Waals surface area contributed by atoms with Crippen LogP contribution in [0.2, 0.25) is 0 Å². The van der Waals surface area contributed by atoms with Crippen LogP contribution in [0.1, 0.15) is 13.3 Å². The van der Waals surface area contributed by atoms with Crippen LogP contribution in [0.5, 0.6) is 0 Å². The molecule has 1 saturated heterocycles. The van der Waals surface area contributed by atoms with Crippen LogP contribution in [0.4, 0.5) is 11.8 Å². The molecule has 0 aliphatic carbocycles. The lowest BCUT2D eigenvalue weighted by molar-refractivity contribution is 0.212. The molecule has 0 spiro atoms. The molecule has 1 aliphatic heterocycles. The maximum Gasteiger partial charge on any atom is 0.228 e. The highest BCUT2D eigenvalue weighted by atomic mass is 79.9. The lowest BCUT2D eigenvalue weighted by Crippen LogP contribution is -2.51. The van der Waals surface area contributed by atoms with Crippen LogP contribution >= 0.6 is 15.9 Å². The first-order valence-corrected chi connectivity index (χ1v) is 6.64. The Labute approximate surface area is 110 Å². The van der Waals surface area contributed by atoms with Gasteiger partial charge >= 0.3 is 0 Å². The lowest BCUT2D eigenvalue weighted by Gasteiger charge is -2.39. The van der Waals surface area contributed by atoms with Gasteiger partial charge in [-0.05, 0) is 29.4 Å². The Hall–Kier alpha value is -0.880. The van der Waals surface area contributed by atoms with Crippen LogP contribution in [0.15, 0.2) is 10.7 Å². The summed E-state index contributed by atoms with van der Waals surface area (Å²) in [5.41, 5.74) is 5.74. The molecule has 2 heterocycles. The van der Waals surface area contributed by atoms with Gasteiger partial charge in [-0.3, -0.25) is 4.90 Å². The van der Waals surface area contributed by atoms with Gasteiger partial charge < -0.3 is 10.6 Å². The average Bonchev–Trinajstić information content (AvgIpc) is 2.28. The summed E-state index contributed by atoms with van der Waals surface area (Å²) < 4.78 is 0.743. The van der Waals surface area contributed by atoms with E-state index >= 15 is 0 Å². The molecule has 0 radical (unpaired) electrons. The Morgan fingerprint density at radius 3 is 2.88 bits per heavy atom. The maximum atomic E-state index is 5.74. The number of likely N-dealkylation sites (N-methyl/N-ethyl adjacent to an activating group) is 1. The van der Waals surface area contributed by atoms with Crippen LogP contribution in [0.25, 0.3) is 0 Å². The van der Waals surface area contributed by atoms with Crippen molar-refractivity contribution in [1.82, 2.24) is 14.9 Å². The SMILES string of the molecule is CCC1CN(c2nc(N)cc(Br)n2)CCN1C. The Balaban J connectivity index is 2.17. The zero-order valence-corrected chi connectivity index (χ0v) is 11.8. The molecule has 1 aromatic heterocycles. The second kappa shape index (κ2) is 5.18. The number of anilines is 2. The molecule has 1 fully saturated rings. The molecule has 2 N–H and O–H groups in total. The van der Waals surface area contributed by atoms with Crippen molar-refractivity contribution >= 4 is 27.7 Å². The molecule has 1 atom stereocenters. The molecule has 5 nitrogen and oxygen atoms in total. The number of hydrogen-bond acceptors (Lipinski definition) is 5. The summed E-state index contributed by atoms with van der Waals surface area (Å²) in [6.07, 6.45) is 1.14. The number of hydrogen-bond donors (Lipinski definition) is 1. The highest BCUT2D eigenvalue weighted by Gasteiger charge is 2.24. The first-order valence-electron chi connectivity index (χ1n) is 5.85. The Morgan fingerprint density at radius 1 is 1.47 bits per heavy atom. The Kier molecular flexibility index (Phi) is 3.83. The van der Waals surface area contributed by atoms with Gasteiger partial charge in [0.15, 0.2) is 0 Å². The molecule has 6 heteroatoms. The van der Waals surface area contributed by atoms with Crippen LogP contribution in [-0.2, 0) is 0 Å². The van der Waals surface area contributed by atoms with Crippen LogP contribution in [-0.4, -0.2) is 47.6 Å². The van der Waals surface area contributed by atoms with Gasteiger partial charge in [-0.25, -0.2) is 4.98 Å². The normalized spacial score (nSPS) is 21.8. The monoisotopic (exact) mass is 299 g/mol. The summed E-state index contributed by atoms with van der Waals surface area (Å²) >= 11 is 3.36. The van der Waals surface area contributed by atoms with Crippen LogP contribution in [0.3, 0.4) is 0 Å². The van der Waals surface area contributed by atoms with Crippen molar-refractivity contribution in [2.24, 2.45) is 0 Å². The number of nitrogens with zero attached hydrogens (tertiary/aromatic N) is 4. The standard InChI is InChI=1S/C11H18BrN5/c1-3-8-7-17(5-4-16(8)2)11-14-9(12)6-10(13)15-11/h6,8H,3-5,7H2,1-2H3,(H2,13,14,15). The highest BCUT2D eigenvalue weighted by Crippen LogP contribution is 2.19. The third kappa shape index (κ3) is 2.87. The molecule has 0 saturated carbocycles. The molecule has 0 aromatic carbocycles. The molecule has 0 amide bonds. The highest BCUT2D eigenvalue weighted by molar-refractivity contribution is 9.10. The summed E-state index contributed by atoms with van der Waals surface area (Å²) in [5, 5.41) is 0. The molecular formula is C11H18BrN5. The quantitative estimate of drug-likeness (QED) is 0.836. The van der Waals surface area contributed by atoms with E-state index in [0.29, 0.717) is 11.9 Å². The van der Waals surface area contributed by atoms with Gasteiger partial charge in [0.2, 0.25) is 5.95 Å². The zero-order chi connectivity index (χ0) is 12.4. The number of rotatable bonds is 2. The molecule has 94 valence electrons. The smallest absolute Gasteiger partial charge is 0.228 e. The van der Waals surface area contributed by atoms with Gasteiger partial charge in [0.25, 0.3) is 0 Å². The van der Waals surface area contributed by atoms with E-state index in [2.05, 4.69) is 49.7 Å². The zero-order valence-electron chi connectivity index (χ0n) is 10.2. The second-order valence-electron chi connectivity index (χ2n) is 4.40.